The Hall–Kier alpha value is -3.40. The lowest BCUT2D eigenvalue weighted by atomic mass is 10.1. The Labute approximate surface area is 196 Å². The topological polar surface area (TPSA) is 68.1 Å². The first-order valence-electron chi connectivity index (χ1n) is 10.5. The fraction of sp³-hybridized carbons (Fsp3) is 0.250. The lowest BCUT2D eigenvalue weighted by Gasteiger charge is -2.23. The fourth-order valence-electron chi connectivity index (χ4n) is 3.89. The van der Waals surface area contributed by atoms with E-state index in [2.05, 4.69) is 16.7 Å². The van der Waals surface area contributed by atoms with Gasteiger partial charge < -0.3 is 0 Å². The Balaban J connectivity index is 1.81. The zero-order valence-electron chi connectivity index (χ0n) is 18.9. The number of pyridine rings is 1. The number of aromatic nitrogens is 3. The lowest BCUT2D eigenvalue weighted by Crippen LogP contribution is -2.33. The highest BCUT2D eigenvalue weighted by atomic mass is 32.2. The van der Waals surface area contributed by atoms with Crippen LogP contribution >= 0.6 is 0 Å². The molecule has 0 N–H and O–H groups in total. The van der Waals surface area contributed by atoms with Gasteiger partial charge in [0.1, 0.15) is 5.69 Å². The van der Waals surface area contributed by atoms with Crippen LogP contribution in [0.5, 0.6) is 0 Å². The van der Waals surface area contributed by atoms with Crippen LogP contribution in [-0.4, -0.2) is 35.9 Å². The van der Waals surface area contributed by atoms with E-state index < -0.39 is 21.8 Å². The molecule has 1 aliphatic heterocycles. The standard InChI is InChI=1S/C24H23F3N4O2S/c1-15-7-9-19(10-8-15)34(32,33)30-13-11-20-18(4)31(17(3)14-16(2)24(25,26)27)29-22(20)21-6-5-12-28-23(21)30/h5-10,12,14H,3,11,13H2,1-2,4H3. The summed E-state index contributed by atoms with van der Waals surface area (Å²) in [6.07, 6.45) is -1.72. The molecule has 4 rings (SSSR count). The van der Waals surface area contributed by atoms with Gasteiger partial charge in [-0.2, -0.15) is 18.3 Å². The van der Waals surface area contributed by atoms with Gasteiger partial charge in [0.2, 0.25) is 0 Å². The number of hydrogen-bond donors (Lipinski definition) is 0. The van der Waals surface area contributed by atoms with E-state index in [0.717, 1.165) is 24.1 Å². The number of aryl methyl sites for hydroxylation is 1. The summed E-state index contributed by atoms with van der Waals surface area (Å²) in [7, 11) is -3.90. The maximum absolute atomic E-state index is 13.5. The molecule has 178 valence electrons. The number of sulfonamides is 1. The zero-order chi connectivity index (χ0) is 24.8. The Morgan fingerprint density at radius 1 is 1.15 bits per heavy atom. The summed E-state index contributed by atoms with van der Waals surface area (Å²) in [4.78, 5) is 4.50. The maximum atomic E-state index is 13.5. The average Bonchev–Trinajstić information content (AvgIpc) is 3.00. The minimum Gasteiger partial charge on any atom is -0.249 e. The summed E-state index contributed by atoms with van der Waals surface area (Å²) in [5.74, 6) is 0.221. The van der Waals surface area contributed by atoms with E-state index in [1.807, 2.05) is 6.92 Å². The van der Waals surface area contributed by atoms with Crippen LogP contribution < -0.4 is 4.31 Å². The number of allylic oxidation sites excluding steroid dienone is 3. The van der Waals surface area contributed by atoms with Gasteiger partial charge in [0, 0.05) is 35.1 Å². The molecule has 3 aromatic rings. The minimum atomic E-state index is -4.47. The molecule has 34 heavy (non-hydrogen) atoms. The van der Waals surface area contributed by atoms with Gasteiger partial charge in [-0.3, -0.25) is 0 Å². The number of nitrogens with zero attached hydrogens (tertiary/aromatic N) is 4. The summed E-state index contributed by atoms with van der Waals surface area (Å²) < 4.78 is 68.6. The Morgan fingerprint density at radius 2 is 1.82 bits per heavy atom. The highest BCUT2D eigenvalue weighted by Crippen LogP contribution is 2.38. The molecule has 1 aliphatic rings. The number of rotatable bonds is 4. The van der Waals surface area contributed by atoms with Crippen LogP contribution in [0.25, 0.3) is 17.0 Å². The molecule has 0 fully saturated rings. The molecule has 0 radical (unpaired) electrons. The highest BCUT2D eigenvalue weighted by Gasteiger charge is 2.34. The quantitative estimate of drug-likeness (QED) is 0.468. The Bertz CT molecular complexity index is 1400. The molecule has 0 saturated carbocycles. The van der Waals surface area contributed by atoms with Crippen LogP contribution in [-0.2, 0) is 16.4 Å². The molecule has 0 amide bonds. The lowest BCUT2D eigenvalue weighted by molar-refractivity contribution is -0.0912. The number of halogens is 3. The van der Waals surface area contributed by atoms with E-state index in [0.29, 0.717) is 23.4 Å². The third-order valence-corrected chi connectivity index (χ3v) is 7.60. The third kappa shape index (κ3) is 4.13. The number of fused-ring (bicyclic) bond motifs is 3. The first kappa shape index (κ1) is 23.7. The van der Waals surface area contributed by atoms with Crippen molar-refractivity contribution in [2.24, 2.45) is 0 Å². The van der Waals surface area contributed by atoms with Gasteiger partial charge in [-0.25, -0.2) is 22.4 Å². The molecule has 0 bridgehead atoms. The molecule has 0 spiro atoms. The van der Waals surface area contributed by atoms with Crippen molar-refractivity contribution >= 4 is 21.5 Å². The summed E-state index contributed by atoms with van der Waals surface area (Å²) in [6, 6.07) is 9.96. The van der Waals surface area contributed by atoms with Crippen molar-refractivity contribution in [3.8, 4) is 11.3 Å². The second-order valence-corrected chi connectivity index (χ2v) is 10.0. The van der Waals surface area contributed by atoms with Crippen molar-refractivity contribution in [3.05, 3.63) is 77.6 Å². The van der Waals surface area contributed by atoms with Crippen LogP contribution in [0.3, 0.4) is 0 Å². The fourth-order valence-corrected chi connectivity index (χ4v) is 5.33. The first-order chi connectivity index (χ1) is 15.9. The number of anilines is 1. The van der Waals surface area contributed by atoms with Gasteiger partial charge >= 0.3 is 6.18 Å². The van der Waals surface area contributed by atoms with Crippen molar-refractivity contribution in [1.29, 1.82) is 0 Å². The third-order valence-electron chi connectivity index (χ3n) is 5.79. The molecule has 6 nitrogen and oxygen atoms in total. The van der Waals surface area contributed by atoms with Crippen LogP contribution in [0.2, 0.25) is 0 Å². The normalized spacial score (nSPS) is 14.4. The van der Waals surface area contributed by atoms with E-state index >= 15 is 0 Å². The van der Waals surface area contributed by atoms with Crippen molar-refractivity contribution in [3.63, 3.8) is 0 Å². The first-order valence-corrected chi connectivity index (χ1v) is 11.9. The van der Waals surface area contributed by atoms with E-state index in [1.54, 1.807) is 43.3 Å². The van der Waals surface area contributed by atoms with Crippen LogP contribution in [0.4, 0.5) is 19.0 Å². The van der Waals surface area contributed by atoms with E-state index in [4.69, 9.17) is 0 Å². The zero-order valence-corrected chi connectivity index (χ0v) is 19.7. The van der Waals surface area contributed by atoms with Gasteiger partial charge in [-0.1, -0.05) is 24.3 Å². The number of benzene rings is 1. The molecular formula is C24H23F3N4O2S. The number of hydrogen-bond acceptors (Lipinski definition) is 4. The Morgan fingerprint density at radius 3 is 2.47 bits per heavy atom. The average molecular weight is 489 g/mol. The number of alkyl halides is 3. The van der Waals surface area contributed by atoms with Gasteiger partial charge in [0.15, 0.2) is 5.82 Å². The summed E-state index contributed by atoms with van der Waals surface area (Å²) in [6.45, 7) is 8.44. The van der Waals surface area contributed by atoms with Crippen LogP contribution in [0.15, 0.2) is 65.7 Å². The van der Waals surface area contributed by atoms with Gasteiger partial charge in [-0.15, -0.1) is 0 Å². The molecule has 10 heteroatoms. The Kier molecular flexibility index (Phi) is 5.89. The molecule has 0 atom stereocenters. The van der Waals surface area contributed by atoms with Gasteiger partial charge in [0.05, 0.1) is 10.6 Å². The van der Waals surface area contributed by atoms with E-state index in [1.165, 1.54) is 15.2 Å². The second kappa shape index (κ2) is 8.43. The smallest absolute Gasteiger partial charge is 0.249 e. The maximum Gasteiger partial charge on any atom is 0.412 e. The predicted octanol–water partition coefficient (Wildman–Crippen LogP) is 5.29. The van der Waals surface area contributed by atoms with Crippen molar-refractivity contribution < 1.29 is 21.6 Å². The van der Waals surface area contributed by atoms with Crippen LogP contribution in [0, 0.1) is 13.8 Å². The highest BCUT2D eigenvalue weighted by molar-refractivity contribution is 7.92. The van der Waals surface area contributed by atoms with Gasteiger partial charge in [-0.05, 0) is 57.5 Å². The second-order valence-electron chi connectivity index (χ2n) is 8.16. The van der Waals surface area contributed by atoms with E-state index in [-0.39, 0.29) is 23.0 Å². The largest absolute Gasteiger partial charge is 0.412 e. The SMILES string of the molecule is C=C(C=C(C)C(F)(F)F)n1nc2c(c1C)CCN(S(=O)(=O)c1ccc(C)cc1)c1ncccc1-2. The summed E-state index contributed by atoms with van der Waals surface area (Å²) >= 11 is 0. The molecule has 0 saturated heterocycles. The molecule has 0 unspecified atom stereocenters. The molecule has 2 aromatic heterocycles. The minimum absolute atomic E-state index is 0.0648. The predicted molar refractivity (Wildman–Crippen MR) is 125 cm³/mol. The monoisotopic (exact) mass is 488 g/mol. The molecule has 0 aliphatic carbocycles. The molecule has 3 heterocycles. The summed E-state index contributed by atoms with van der Waals surface area (Å²) in [5, 5.41) is 4.53. The van der Waals surface area contributed by atoms with Crippen LogP contribution in [0.1, 0.15) is 23.7 Å². The summed E-state index contributed by atoms with van der Waals surface area (Å²) in [5.41, 5.74) is 2.49. The van der Waals surface area contributed by atoms with Crippen molar-refractivity contribution in [2.45, 2.75) is 38.3 Å². The van der Waals surface area contributed by atoms with E-state index in [9.17, 15) is 21.6 Å². The molecule has 1 aromatic carbocycles. The van der Waals surface area contributed by atoms with Crippen molar-refractivity contribution in [2.75, 3.05) is 10.8 Å². The molecular weight excluding hydrogens is 465 g/mol. The van der Waals surface area contributed by atoms with Gasteiger partial charge in [0.25, 0.3) is 10.0 Å². The van der Waals surface area contributed by atoms with Crippen molar-refractivity contribution in [1.82, 2.24) is 14.8 Å².